The number of anilines is 1. The molecule has 3 N–H and O–H groups in total. The standard InChI is InChI=1S/C11H15ClN2O4/c1-2-11(6-15,7-16)13-9-4-3-8(12)5-10(9)14(17)18/h3-5,13,15-16H,2,6-7H2,1H3. The molecule has 0 aliphatic rings. The molecule has 0 bridgehead atoms. The third-order valence-electron chi connectivity index (χ3n) is 2.84. The molecule has 18 heavy (non-hydrogen) atoms. The van der Waals surface area contributed by atoms with Gasteiger partial charge in [-0.2, -0.15) is 0 Å². The average molecular weight is 275 g/mol. The molecule has 0 amide bonds. The monoisotopic (exact) mass is 274 g/mol. The summed E-state index contributed by atoms with van der Waals surface area (Å²) >= 11 is 5.70. The van der Waals surface area contributed by atoms with Gasteiger partial charge in [0.25, 0.3) is 5.69 Å². The highest BCUT2D eigenvalue weighted by molar-refractivity contribution is 6.30. The molecule has 0 saturated heterocycles. The predicted octanol–water partition coefficient (Wildman–Crippen LogP) is 1.79. The second-order valence-electron chi connectivity index (χ2n) is 3.99. The van der Waals surface area contributed by atoms with Gasteiger partial charge in [-0.1, -0.05) is 18.5 Å². The first-order valence-corrected chi connectivity index (χ1v) is 5.79. The lowest BCUT2D eigenvalue weighted by Crippen LogP contribution is -2.45. The van der Waals surface area contributed by atoms with Gasteiger partial charge < -0.3 is 15.5 Å². The third-order valence-corrected chi connectivity index (χ3v) is 3.07. The number of nitrogens with zero attached hydrogens (tertiary/aromatic N) is 1. The SMILES string of the molecule is CCC(CO)(CO)Nc1ccc(Cl)cc1[N+](=O)[O-]. The molecule has 0 spiro atoms. The number of aliphatic hydroxyl groups is 2. The van der Waals surface area contributed by atoms with Gasteiger partial charge in [0.05, 0.1) is 23.7 Å². The van der Waals surface area contributed by atoms with Crippen LogP contribution in [-0.4, -0.2) is 33.9 Å². The fourth-order valence-corrected chi connectivity index (χ4v) is 1.65. The van der Waals surface area contributed by atoms with Gasteiger partial charge in [0.2, 0.25) is 0 Å². The number of halogens is 1. The summed E-state index contributed by atoms with van der Waals surface area (Å²) in [7, 11) is 0. The minimum absolute atomic E-state index is 0.192. The highest BCUT2D eigenvalue weighted by Crippen LogP contribution is 2.30. The zero-order valence-electron chi connectivity index (χ0n) is 9.89. The molecule has 0 atom stereocenters. The lowest BCUT2D eigenvalue weighted by atomic mass is 9.98. The van der Waals surface area contributed by atoms with Crippen molar-refractivity contribution in [2.75, 3.05) is 18.5 Å². The smallest absolute Gasteiger partial charge is 0.293 e. The van der Waals surface area contributed by atoms with Crippen LogP contribution in [0, 0.1) is 10.1 Å². The summed E-state index contributed by atoms with van der Waals surface area (Å²) in [6, 6.07) is 4.18. The molecule has 0 unspecified atom stereocenters. The van der Waals surface area contributed by atoms with Crippen molar-refractivity contribution in [3.63, 3.8) is 0 Å². The van der Waals surface area contributed by atoms with Crippen LogP contribution in [0.3, 0.4) is 0 Å². The number of hydrogen-bond donors (Lipinski definition) is 3. The van der Waals surface area contributed by atoms with Gasteiger partial charge in [-0.3, -0.25) is 10.1 Å². The molecule has 0 saturated carbocycles. The summed E-state index contributed by atoms with van der Waals surface area (Å²) in [5.74, 6) is 0. The van der Waals surface area contributed by atoms with Crippen molar-refractivity contribution in [3.8, 4) is 0 Å². The molecule has 0 fully saturated rings. The molecule has 1 aromatic rings. The van der Waals surface area contributed by atoms with Crippen LogP contribution in [0.25, 0.3) is 0 Å². The van der Waals surface area contributed by atoms with Crippen molar-refractivity contribution < 1.29 is 15.1 Å². The highest BCUT2D eigenvalue weighted by atomic mass is 35.5. The molecule has 0 aromatic heterocycles. The average Bonchev–Trinajstić information content (AvgIpc) is 2.37. The predicted molar refractivity (Wildman–Crippen MR) is 68.9 cm³/mol. The number of hydrogen-bond acceptors (Lipinski definition) is 5. The Hall–Kier alpha value is -1.37. The maximum atomic E-state index is 10.9. The minimum Gasteiger partial charge on any atom is -0.394 e. The quantitative estimate of drug-likeness (QED) is 0.543. The second kappa shape index (κ2) is 5.99. The van der Waals surface area contributed by atoms with Gasteiger partial charge in [0.1, 0.15) is 5.69 Å². The minimum atomic E-state index is -0.988. The zero-order chi connectivity index (χ0) is 13.8. The van der Waals surface area contributed by atoms with E-state index in [9.17, 15) is 20.3 Å². The van der Waals surface area contributed by atoms with Gasteiger partial charge >= 0.3 is 0 Å². The van der Waals surface area contributed by atoms with E-state index in [1.54, 1.807) is 6.92 Å². The second-order valence-corrected chi connectivity index (χ2v) is 4.43. The van der Waals surface area contributed by atoms with Gasteiger partial charge in [-0.15, -0.1) is 0 Å². The first-order valence-electron chi connectivity index (χ1n) is 5.42. The molecular weight excluding hydrogens is 260 g/mol. The van der Waals surface area contributed by atoms with Crippen molar-refractivity contribution >= 4 is 23.0 Å². The number of nitro groups is 1. The van der Waals surface area contributed by atoms with Crippen molar-refractivity contribution in [1.82, 2.24) is 0 Å². The first kappa shape index (κ1) is 14.7. The van der Waals surface area contributed by atoms with E-state index in [-0.39, 0.29) is 29.6 Å². The summed E-state index contributed by atoms with van der Waals surface area (Å²) in [5, 5.41) is 32.6. The lowest BCUT2D eigenvalue weighted by Gasteiger charge is -2.30. The van der Waals surface area contributed by atoms with Gasteiger partial charge in [-0.25, -0.2) is 0 Å². The highest BCUT2D eigenvalue weighted by Gasteiger charge is 2.29. The Balaban J connectivity index is 3.13. The summed E-state index contributed by atoms with van der Waals surface area (Å²) in [6.45, 7) is 1.10. The van der Waals surface area contributed by atoms with Crippen LogP contribution < -0.4 is 5.32 Å². The molecule has 100 valence electrons. The van der Waals surface area contributed by atoms with Crippen LogP contribution >= 0.6 is 11.6 Å². The van der Waals surface area contributed by atoms with E-state index in [1.807, 2.05) is 0 Å². The van der Waals surface area contributed by atoms with Gasteiger partial charge in [0, 0.05) is 11.1 Å². The Labute approximate surface area is 109 Å². The Kier molecular flexibility index (Phi) is 4.89. The summed E-state index contributed by atoms with van der Waals surface area (Å²) in [5.41, 5.74) is -0.963. The summed E-state index contributed by atoms with van der Waals surface area (Å²) in [6.07, 6.45) is 0.416. The maximum Gasteiger partial charge on any atom is 0.293 e. The van der Waals surface area contributed by atoms with Crippen LogP contribution in [0.15, 0.2) is 18.2 Å². The van der Waals surface area contributed by atoms with Crippen LogP contribution in [0.1, 0.15) is 13.3 Å². The van der Waals surface area contributed by atoms with E-state index in [2.05, 4.69) is 5.32 Å². The molecule has 0 aliphatic heterocycles. The molecule has 0 aliphatic carbocycles. The molecule has 0 radical (unpaired) electrons. The van der Waals surface area contributed by atoms with E-state index in [4.69, 9.17) is 11.6 Å². The van der Waals surface area contributed by atoms with Crippen LogP contribution in [0.5, 0.6) is 0 Å². The molecule has 1 rings (SSSR count). The van der Waals surface area contributed by atoms with Crippen molar-refractivity contribution in [2.24, 2.45) is 0 Å². The fourth-order valence-electron chi connectivity index (χ4n) is 1.49. The number of benzene rings is 1. The Morgan fingerprint density at radius 2 is 2.06 bits per heavy atom. The summed E-state index contributed by atoms with van der Waals surface area (Å²) in [4.78, 5) is 10.3. The van der Waals surface area contributed by atoms with Crippen LogP contribution in [0.2, 0.25) is 5.02 Å². The molecule has 7 heteroatoms. The zero-order valence-corrected chi connectivity index (χ0v) is 10.6. The van der Waals surface area contributed by atoms with Crippen LogP contribution in [-0.2, 0) is 0 Å². The van der Waals surface area contributed by atoms with E-state index in [1.165, 1.54) is 18.2 Å². The third kappa shape index (κ3) is 3.10. The van der Waals surface area contributed by atoms with Crippen molar-refractivity contribution in [2.45, 2.75) is 18.9 Å². The van der Waals surface area contributed by atoms with E-state index in [0.717, 1.165) is 0 Å². The molecule has 0 heterocycles. The number of nitro benzene ring substituents is 1. The van der Waals surface area contributed by atoms with Gasteiger partial charge in [0.15, 0.2) is 0 Å². The van der Waals surface area contributed by atoms with Crippen molar-refractivity contribution in [3.05, 3.63) is 33.3 Å². The molecule has 6 nitrogen and oxygen atoms in total. The normalized spacial score (nSPS) is 11.3. The maximum absolute atomic E-state index is 10.9. The Morgan fingerprint density at radius 3 is 2.50 bits per heavy atom. The molecular formula is C11H15ClN2O4. The number of aliphatic hydroxyl groups excluding tert-OH is 2. The Bertz CT molecular complexity index is 427. The van der Waals surface area contributed by atoms with Crippen LogP contribution in [0.4, 0.5) is 11.4 Å². The van der Waals surface area contributed by atoms with E-state index >= 15 is 0 Å². The first-order chi connectivity index (χ1) is 8.48. The molecule has 1 aromatic carbocycles. The fraction of sp³-hybridized carbons (Fsp3) is 0.455. The largest absolute Gasteiger partial charge is 0.394 e. The lowest BCUT2D eigenvalue weighted by molar-refractivity contribution is -0.384. The van der Waals surface area contributed by atoms with E-state index < -0.39 is 10.5 Å². The van der Waals surface area contributed by atoms with E-state index in [0.29, 0.717) is 6.42 Å². The van der Waals surface area contributed by atoms with Crippen molar-refractivity contribution in [1.29, 1.82) is 0 Å². The summed E-state index contributed by atoms with van der Waals surface area (Å²) < 4.78 is 0. The van der Waals surface area contributed by atoms with Gasteiger partial charge in [-0.05, 0) is 18.6 Å². The topological polar surface area (TPSA) is 95.6 Å². The number of rotatable bonds is 6. The Morgan fingerprint density at radius 1 is 1.44 bits per heavy atom. The number of nitrogens with one attached hydrogen (secondary N) is 1.